The first-order valence-electron chi connectivity index (χ1n) is 11.8. The summed E-state index contributed by atoms with van der Waals surface area (Å²) in [7, 11) is 0. The van der Waals surface area contributed by atoms with E-state index in [1.54, 1.807) is 0 Å². The van der Waals surface area contributed by atoms with E-state index < -0.39 is 17.7 Å². The maximum atomic E-state index is 13.4. The van der Waals surface area contributed by atoms with Gasteiger partial charge in [0, 0.05) is 30.1 Å². The van der Waals surface area contributed by atoms with Gasteiger partial charge in [-0.1, -0.05) is 6.07 Å². The van der Waals surface area contributed by atoms with E-state index in [0.717, 1.165) is 31.4 Å². The van der Waals surface area contributed by atoms with E-state index in [1.807, 2.05) is 4.90 Å². The fraction of sp³-hybridized carbons (Fsp3) is 0.560. The standard InChI is InChI=1S/C25H30F3N3O4/c1-24(2,3)29-12-15-10-18(15)22(32)31-8-6-14(7-9-31)17-5-4-16(25(26,27)28)11-19(17)21-30-20(13-35-21)23(33)34/h4-5,11,13-15,18,29H,6-10,12H2,1-3H3,(H,33,34). The molecule has 1 aliphatic carbocycles. The van der Waals surface area contributed by atoms with E-state index in [-0.39, 0.29) is 40.4 Å². The number of carboxylic acids is 1. The van der Waals surface area contributed by atoms with Crippen molar-refractivity contribution >= 4 is 11.9 Å². The fourth-order valence-electron chi connectivity index (χ4n) is 4.63. The summed E-state index contributed by atoms with van der Waals surface area (Å²) in [5, 5.41) is 12.6. The third-order valence-electron chi connectivity index (χ3n) is 6.72. The van der Waals surface area contributed by atoms with E-state index >= 15 is 0 Å². The van der Waals surface area contributed by atoms with Gasteiger partial charge in [0.15, 0.2) is 5.69 Å². The number of hydrogen-bond donors (Lipinski definition) is 2. The van der Waals surface area contributed by atoms with Crippen molar-refractivity contribution in [3.8, 4) is 11.5 Å². The normalized spacial score (nSPS) is 21.3. The highest BCUT2D eigenvalue weighted by Crippen LogP contribution is 2.42. The Morgan fingerprint density at radius 3 is 2.46 bits per heavy atom. The van der Waals surface area contributed by atoms with Gasteiger partial charge in [-0.15, -0.1) is 0 Å². The first-order valence-corrected chi connectivity index (χ1v) is 11.8. The number of likely N-dealkylation sites (tertiary alicyclic amines) is 1. The average molecular weight is 494 g/mol. The highest BCUT2D eigenvalue weighted by molar-refractivity contribution is 5.85. The molecule has 0 radical (unpaired) electrons. The number of benzene rings is 1. The number of piperidine rings is 1. The SMILES string of the molecule is CC(C)(C)NCC1CC1C(=O)N1CCC(c2ccc(C(F)(F)F)cc2-c2nc(C(=O)O)co2)CC1. The fourth-order valence-corrected chi connectivity index (χ4v) is 4.63. The summed E-state index contributed by atoms with van der Waals surface area (Å²) < 4.78 is 45.4. The largest absolute Gasteiger partial charge is 0.476 e. The lowest BCUT2D eigenvalue weighted by Gasteiger charge is -2.33. The Balaban J connectivity index is 1.46. The number of aromatic carboxylic acids is 1. The summed E-state index contributed by atoms with van der Waals surface area (Å²) in [6.45, 7) is 8.12. The molecule has 190 valence electrons. The molecule has 2 aromatic rings. The van der Waals surface area contributed by atoms with Crippen LogP contribution in [-0.4, -0.2) is 52.0 Å². The number of hydrogen-bond acceptors (Lipinski definition) is 5. The van der Waals surface area contributed by atoms with Crippen LogP contribution in [0.5, 0.6) is 0 Å². The highest BCUT2D eigenvalue weighted by Gasteiger charge is 2.45. The lowest BCUT2D eigenvalue weighted by molar-refractivity contribution is -0.137. The highest BCUT2D eigenvalue weighted by atomic mass is 19.4. The number of amides is 1. The number of nitrogens with zero attached hydrogens (tertiary/aromatic N) is 2. The minimum Gasteiger partial charge on any atom is -0.476 e. The van der Waals surface area contributed by atoms with Crippen LogP contribution >= 0.6 is 0 Å². The molecule has 2 fully saturated rings. The molecule has 1 aliphatic heterocycles. The second kappa shape index (κ2) is 9.29. The molecule has 1 amide bonds. The predicted octanol–water partition coefficient (Wildman–Crippen LogP) is 4.79. The minimum atomic E-state index is -4.56. The lowest BCUT2D eigenvalue weighted by Crippen LogP contribution is -2.40. The smallest absolute Gasteiger partial charge is 0.416 e. The Hall–Kier alpha value is -2.88. The van der Waals surface area contributed by atoms with Gasteiger partial charge in [0.25, 0.3) is 0 Å². The molecule has 0 bridgehead atoms. The molecule has 1 aromatic heterocycles. The first kappa shape index (κ1) is 25.2. The predicted molar refractivity (Wildman–Crippen MR) is 122 cm³/mol. The van der Waals surface area contributed by atoms with E-state index in [4.69, 9.17) is 9.52 Å². The number of oxazole rings is 1. The van der Waals surface area contributed by atoms with Crippen LogP contribution in [-0.2, 0) is 11.0 Å². The van der Waals surface area contributed by atoms with Gasteiger partial charge in [-0.3, -0.25) is 4.79 Å². The molecule has 10 heteroatoms. The number of nitrogens with one attached hydrogen (secondary N) is 1. The number of carbonyl (C=O) groups excluding carboxylic acids is 1. The van der Waals surface area contributed by atoms with Gasteiger partial charge in [0.1, 0.15) is 6.26 Å². The van der Waals surface area contributed by atoms with E-state index in [0.29, 0.717) is 37.4 Å². The van der Waals surface area contributed by atoms with E-state index in [9.17, 15) is 22.8 Å². The van der Waals surface area contributed by atoms with Crippen LogP contribution in [0, 0.1) is 11.8 Å². The van der Waals surface area contributed by atoms with Gasteiger partial charge in [-0.2, -0.15) is 13.2 Å². The van der Waals surface area contributed by atoms with Crippen molar-refractivity contribution < 1.29 is 32.3 Å². The van der Waals surface area contributed by atoms with Gasteiger partial charge in [0.05, 0.1) is 5.56 Å². The summed E-state index contributed by atoms with van der Waals surface area (Å²) in [4.78, 5) is 29.9. The Labute approximate surface area is 201 Å². The summed E-state index contributed by atoms with van der Waals surface area (Å²) in [6, 6.07) is 3.40. The number of alkyl halides is 3. The van der Waals surface area contributed by atoms with Gasteiger partial charge >= 0.3 is 12.1 Å². The summed E-state index contributed by atoms with van der Waals surface area (Å²) in [5.74, 6) is -1.06. The van der Waals surface area contributed by atoms with Gasteiger partial charge in [-0.05, 0) is 76.1 Å². The molecule has 4 rings (SSSR count). The van der Waals surface area contributed by atoms with E-state index in [2.05, 4.69) is 31.1 Å². The maximum absolute atomic E-state index is 13.4. The summed E-state index contributed by atoms with van der Waals surface area (Å²) >= 11 is 0. The van der Waals surface area contributed by atoms with Gasteiger partial charge in [-0.25, -0.2) is 9.78 Å². The van der Waals surface area contributed by atoms with Crippen LogP contribution in [0.1, 0.15) is 67.6 Å². The molecular weight excluding hydrogens is 463 g/mol. The number of carbonyl (C=O) groups is 2. The van der Waals surface area contributed by atoms with Crippen LogP contribution in [0.15, 0.2) is 28.9 Å². The van der Waals surface area contributed by atoms with Crippen molar-refractivity contribution in [1.29, 1.82) is 0 Å². The van der Waals surface area contributed by atoms with Crippen LogP contribution in [0.25, 0.3) is 11.5 Å². The van der Waals surface area contributed by atoms with Crippen molar-refractivity contribution in [3.63, 3.8) is 0 Å². The number of carboxylic acid groups (broad SMARTS) is 1. The second-order valence-corrected chi connectivity index (χ2v) is 10.5. The second-order valence-electron chi connectivity index (χ2n) is 10.5. The molecule has 0 spiro atoms. The summed E-state index contributed by atoms with van der Waals surface area (Å²) in [5.41, 5.74) is -0.483. The molecule has 1 aromatic carbocycles. The number of halogens is 3. The summed E-state index contributed by atoms with van der Waals surface area (Å²) in [6.07, 6.45) is -1.58. The molecule has 1 saturated heterocycles. The number of aromatic nitrogens is 1. The molecule has 35 heavy (non-hydrogen) atoms. The van der Waals surface area contributed by atoms with Crippen molar-refractivity contribution in [2.45, 2.75) is 57.7 Å². The zero-order valence-corrected chi connectivity index (χ0v) is 20.0. The van der Waals surface area contributed by atoms with Crippen LogP contribution in [0.3, 0.4) is 0 Å². The maximum Gasteiger partial charge on any atom is 0.416 e. The Morgan fingerprint density at radius 1 is 1.20 bits per heavy atom. The zero-order valence-electron chi connectivity index (χ0n) is 20.0. The van der Waals surface area contributed by atoms with Crippen LogP contribution < -0.4 is 5.32 Å². The molecule has 1 saturated carbocycles. The molecule has 2 atom stereocenters. The monoisotopic (exact) mass is 493 g/mol. The Bertz CT molecular complexity index is 1100. The molecule has 7 nitrogen and oxygen atoms in total. The zero-order chi connectivity index (χ0) is 25.5. The van der Waals surface area contributed by atoms with Gasteiger partial charge in [0.2, 0.25) is 11.8 Å². The molecule has 2 aliphatic rings. The van der Waals surface area contributed by atoms with Crippen molar-refractivity contribution in [3.05, 3.63) is 41.3 Å². The Morgan fingerprint density at radius 2 is 1.89 bits per heavy atom. The first-order chi connectivity index (χ1) is 16.3. The topological polar surface area (TPSA) is 95.7 Å². The van der Waals surface area contributed by atoms with Crippen LogP contribution in [0.4, 0.5) is 13.2 Å². The lowest BCUT2D eigenvalue weighted by atomic mass is 9.85. The molecular formula is C25H30F3N3O4. The van der Waals surface area contributed by atoms with E-state index in [1.165, 1.54) is 6.07 Å². The molecule has 2 unspecified atom stereocenters. The number of rotatable bonds is 6. The van der Waals surface area contributed by atoms with Crippen LogP contribution in [0.2, 0.25) is 0 Å². The quantitative estimate of drug-likeness (QED) is 0.601. The molecule has 2 N–H and O–H groups in total. The van der Waals surface area contributed by atoms with Crippen molar-refractivity contribution in [2.24, 2.45) is 11.8 Å². The molecule has 2 heterocycles. The Kier molecular flexibility index (Phi) is 6.70. The van der Waals surface area contributed by atoms with Gasteiger partial charge < -0.3 is 19.7 Å². The van der Waals surface area contributed by atoms with Crippen molar-refractivity contribution in [2.75, 3.05) is 19.6 Å². The minimum absolute atomic E-state index is 0.00197. The average Bonchev–Trinajstić information content (AvgIpc) is 3.40. The van der Waals surface area contributed by atoms with Crippen molar-refractivity contribution in [1.82, 2.24) is 15.2 Å². The third kappa shape index (κ3) is 5.86. The third-order valence-corrected chi connectivity index (χ3v) is 6.72.